The number of nitrogens with one attached hydrogen (secondary N) is 1. The lowest BCUT2D eigenvalue weighted by molar-refractivity contribution is 0.0205. The summed E-state index contributed by atoms with van der Waals surface area (Å²) in [5, 5.41) is 3.47. The molecule has 2 heterocycles. The summed E-state index contributed by atoms with van der Waals surface area (Å²) in [7, 11) is 2.10. The van der Waals surface area contributed by atoms with Gasteiger partial charge in [0.15, 0.2) is 0 Å². The Morgan fingerprint density at radius 3 is 2.65 bits per heavy atom. The highest BCUT2D eigenvalue weighted by Gasteiger charge is 2.37. The Balaban J connectivity index is 1.52. The first-order valence-electron chi connectivity index (χ1n) is 7.34. The summed E-state index contributed by atoms with van der Waals surface area (Å²) in [6, 6.07) is 0.671. The molecule has 3 nitrogen and oxygen atoms in total. The molecule has 4 unspecified atom stereocenters. The van der Waals surface area contributed by atoms with Crippen LogP contribution in [-0.4, -0.2) is 50.8 Å². The van der Waals surface area contributed by atoms with Crippen LogP contribution in [0, 0.1) is 17.8 Å². The fourth-order valence-electron chi connectivity index (χ4n) is 4.17. The minimum atomic E-state index is 0.671. The smallest absolute Gasteiger partial charge is 0.0521 e. The van der Waals surface area contributed by atoms with Crippen molar-refractivity contribution in [2.45, 2.75) is 31.7 Å². The first-order valence-corrected chi connectivity index (χ1v) is 7.34. The summed E-state index contributed by atoms with van der Waals surface area (Å²) in [6.07, 6.45) is 5.63. The van der Waals surface area contributed by atoms with Gasteiger partial charge >= 0.3 is 0 Å². The van der Waals surface area contributed by atoms with Crippen LogP contribution in [0.25, 0.3) is 0 Å². The molecule has 0 aromatic carbocycles. The Morgan fingerprint density at radius 1 is 1.18 bits per heavy atom. The highest BCUT2D eigenvalue weighted by Crippen LogP contribution is 2.38. The van der Waals surface area contributed by atoms with Gasteiger partial charge in [-0.25, -0.2) is 0 Å². The topological polar surface area (TPSA) is 24.5 Å². The van der Waals surface area contributed by atoms with E-state index in [4.69, 9.17) is 4.74 Å². The standard InChI is InChI=1S/C14H26N2O/c1-15-14-5-6-17-10-13(14)9-16-7-11-3-2-4-12(11)8-16/h11-15H,2-10H2,1H3. The number of likely N-dealkylation sites (tertiary alicyclic amines) is 1. The monoisotopic (exact) mass is 238 g/mol. The highest BCUT2D eigenvalue weighted by molar-refractivity contribution is 4.90. The SMILES string of the molecule is CNC1CCOCC1CN1CC2CCCC2C1. The van der Waals surface area contributed by atoms with Crippen molar-refractivity contribution in [2.24, 2.45) is 17.8 Å². The molecule has 1 aliphatic carbocycles. The second-order valence-electron chi connectivity index (χ2n) is 6.19. The van der Waals surface area contributed by atoms with E-state index in [0.29, 0.717) is 12.0 Å². The van der Waals surface area contributed by atoms with Crippen molar-refractivity contribution in [2.75, 3.05) is 39.9 Å². The molecule has 0 aromatic heterocycles. The normalized spacial score (nSPS) is 42.9. The zero-order valence-electron chi connectivity index (χ0n) is 11.0. The first kappa shape index (κ1) is 11.9. The van der Waals surface area contributed by atoms with Gasteiger partial charge in [0.2, 0.25) is 0 Å². The van der Waals surface area contributed by atoms with Crippen LogP contribution in [0.5, 0.6) is 0 Å². The number of rotatable bonds is 3. The predicted molar refractivity (Wildman–Crippen MR) is 69.0 cm³/mol. The third-order valence-corrected chi connectivity index (χ3v) is 5.14. The number of hydrogen-bond donors (Lipinski definition) is 1. The molecule has 0 spiro atoms. The maximum Gasteiger partial charge on any atom is 0.0521 e. The minimum Gasteiger partial charge on any atom is -0.381 e. The van der Waals surface area contributed by atoms with E-state index in [1.54, 1.807) is 0 Å². The van der Waals surface area contributed by atoms with Crippen LogP contribution in [-0.2, 0) is 4.74 Å². The number of nitrogens with zero attached hydrogens (tertiary/aromatic N) is 1. The maximum atomic E-state index is 5.65. The second kappa shape index (κ2) is 5.25. The number of hydrogen-bond acceptors (Lipinski definition) is 3. The minimum absolute atomic E-state index is 0.671. The van der Waals surface area contributed by atoms with E-state index in [9.17, 15) is 0 Å². The van der Waals surface area contributed by atoms with Crippen molar-refractivity contribution in [1.82, 2.24) is 10.2 Å². The lowest BCUT2D eigenvalue weighted by Crippen LogP contribution is -2.46. The summed E-state index contributed by atoms with van der Waals surface area (Å²) < 4.78 is 5.65. The fourth-order valence-corrected chi connectivity index (χ4v) is 4.17. The molecule has 3 fully saturated rings. The van der Waals surface area contributed by atoms with Gasteiger partial charge in [0, 0.05) is 38.2 Å². The van der Waals surface area contributed by atoms with Gasteiger partial charge in [-0.05, 0) is 38.1 Å². The third-order valence-electron chi connectivity index (χ3n) is 5.14. The molecule has 3 heteroatoms. The van der Waals surface area contributed by atoms with Gasteiger partial charge in [0.05, 0.1) is 6.61 Å². The van der Waals surface area contributed by atoms with Crippen molar-refractivity contribution in [3.05, 3.63) is 0 Å². The van der Waals surface area contributed by atoms with E-state index in [-0.39, 0.29) is 0 Å². The van der Waals surface area contributed by atoms with Crippen molar-refractivity contribution in [1.29, 1.82) is 0 Å². The maximum absolute atomic E-state index is 5.65. The molecule has 0 radical (unpaired) electrons. The van der Waals surface area contributed by atoms with E-state index in [2.05, 4.69) is 17.3 Å². The molecule has 0 aromatic rings. The van der Waals surface area contributed by atoms with Crippen LogP contribution in [0.15, 0.2) is 0 Å². The molecule has 17 heavy (non-hydrogen) atoms. The fraction of sp³-hybridized carbons (Fsp3) is 1.00. The van der Waals surface area contributed by atoms with E-state index in [1.807, 2.05) is 0 Å². The Morgan fingerprint density at radius 2 is 1.94 bits per heavy atom. The number of fused-ring (bicyclic) bond motifs is 1. The lowest BCUT2D eigenvalue weighted by Gasteiger charge is -2.34. The quantitative estimate of drug-likeness (QED) is 0.803. The Labute approximate surface area is 105 Å². The summed E-state index contributed by atoms with van der Waals surface area (Å²) in [4.78, 5) is 2.71. The van der Waals surface area contributed by atoms with Crippen LogP contribution >= 0.6 is 0 Å². The van der Waals surface area contributed by atoms with Crippen LogP contribution in [0.2, 0.25) is 0 Å². The second-order valence-corrected chi connectivity index (χ2v) is 6.19. The molecular weight excluding hydrogens is 212 g/mol. The van der Waals surface area contributed by atoms with Crippen molar-refractivity contribution in [3.8, 4) is 0 Å². The van der Waals surface area contributed by atoms with E-state index >= 15 is 0 Å². The largest absolute Gasteiger partial charge is 0.381 e. The van der Waals surface area contributed by atoms with Gasteiger partial charge in [-0.3, -0.25) is 0 Å². The lowest BCUT2D eigenvalue weighted by atomic mass is 9.95. The van der Waals surface area contributed by atoms with Gasteiger partial charge in [0.1, 0.15) is 0 Å². The van der Waals surface area contributed by atoms with Crippen molar-refractivity contribution >= 4 is 0 Å². The molecule has 1 saturated carbocycles. The average molecular weight is 238 g/mol. The third kappa shape index (κ3) is 2.51. The van der Waals surface area contributed by atoms with Crippen molar-refractivity contribution in [3.63, 3.8) is 0 Å². The van der Waals surface area contributed by atoms with Crippen molar-refractivity contribution < 1.29 is 4.74 Å². The molecule has 4 atom stereocenters. The van der Waals surface area contributed by atoms with Gasteiger partial charge in [-0.1, -0.05) is 6.42 Å². The summed E-state index contributed by atoms with van der Waals surface area (Å²) in [6.45, 7) is 5.86. The molecule has 1 N–H and O–H groups in total. The van der Waals surface area contributed by atoms with Crippen LogP contribution in [0.1, 0.15) is 25.7 Å². The molecule has 2 saturated heterocycles. The van der Waals surface area contributed by atoms with Gasteiger partial charge in [0.25, 0.3) is 0 Å². The first-order chi connectivity index (χ1) is 8.36. The summed E-state index contributed by atoms with van der Waals surface area (Å²) in [5.74, 6) is 2.74. The zero-order chi connectivity index (χ0) is 11.7. The predicted octanol–water partition coefficient (Wildman–Crippen LogP) is 1.34. The molecule has 98 valence electrons. The summed E-state index contributed by atoms with van der Waals surface area (Å²) >= 11 is 0. The molecule has 3 rings (SSSR count). The zero-order valence-corrected chi connectivity index (χ0v) is 11.0. The summed E-state index contributed by atoms with van der Waals surface area (Å²) in [5.41, 5.74) is 0. The molecule has 2 aliphatic heterocycles. The average Bonchev–Trinajstić information content (AvgIpc) is 2.90. The van der Waals surface area contributed by atoms with E-state index in [0.717, 1.165) is 25.0 Å². The molecule has 0 amide bonds. The number of ether oxygens (including phenoxy) is 1. The van der Waals surface area contributed by atoms with Crippen LogP contribution < -0.4 is 5.32 Å². The highest BCUT2D eigenvalue weighted by atomic mass is 16.5. The molecule has 0 bridgehead atoms. The van der Waals surface area contributed by atoms with E-state index in [1.165, 1.54) is 45.3 Å². The molecular formula is C14H26N2O. The van der Waals surface area contributed by atoms with Crippen LogP contribution in [0.3, 0.4) is 0 Å². The Bertz CT molecular complexity index is 247. The van der Waals surface area contributed by atoms with Gasteiger partial charge < -0.3 is 15.0 Å². The Kier molecular flexibility index (Phi) is 3.69. The van der Waals surface area contributed by atoms with E-state index < -0.39 is 0 Å². The van der Waals surface area contributed by atoms with Gasteiger partial charge in [-0.2, -0.15) is 0 Å². The molecule has 3 aliphatic rings. The van der Waals surface area contributed by atoms with Crippen LogP contribution in [0.4, 0.5) is 0 Å². The van der Waals surface area contributed by atoms with Gasteiger partial charge in [-0.15, -0.1) is 0 Å². The Hall–Kier alpha value is -0.120.